The maximum atomic E-state index is 12.4. The van der Waals surface area contributed by atoms with Crippen molar-refractivity contribution in [3.8, 4) is 11.5 Å². The van der Waals surface area contributed by atoms with Crippen LogP contribution in [-0.2, 0) is 9.84 Å². The molecular formula is C18H21NO5S. The third kappa shape index (κ3) is 4.96. The molecule has 0 saturated carbocycles. The summed E-state index contributed by atoms with van der Waals surface area (Å²) >= 11 is 0. The summed E-state index contributed by atoms with van der Waals surface area (Å²) in [6, 6.07) is 11.0. The van der Waals surface area contributed by atoms with Gasteiger partial charge in [-0.25, -0.2) is 8.42 Å². The van der Waals surface area contributed by atoms with Crippen LogP contribution in [0.1, 0.15) is 24.2 Å². The molecule has 0 saturated heterocycles. The van der Waals surface area contributed by atoms with Gasteiger partial charge in [0.1, 0.15) is 0 Å². The molecular weight excluding hydrogens is 342 g/mol. The van der Waals surface area contributed by atoms with Crippen LogP contribution in [0.15, 0.2) is 47.4 Å². The van der Waals surface area contributed by atoms with Crippen molar-refractivity contribution in [1.82, 2.24) is 0 Å². The van der Waals surface area contributed by atoms with Gasteiger partial charge < -0.3 is 14.8 Å². The molecule has 0 atom stereocenters. The van der Waals surface area contributed by atoms with E-state index in [4.69, 9.17) is 9.47 Å². The summed E-state index contributed by atoms with van der Waals surface area (Å²) < 4.78 is 34.1. The Labute approximate surface area is 147 Å². The van der Waals surface area contributed by atoms with E-state index in [0.717, 1.165) is 6.26 Å². The Balaban J connectivity index is 2.24. The quantitative estimate of drug-likeness (QED) is 0.853. The van der Waals surface area contributed by atoms with Crippen LogP contribution in [0.5, 0.6) is 11.5 Å². The minimum Gasteiger partial charge on any atom is -0.493 e. The van der Waals surface area contributed by atoms with Gasteiger partial charge in [0.25, 0.3) is 5.91 Å². The lowest BCUT2D eigenvalue weighted by atomic mass is 10.1. The highest BCUT2D eigenvalue weighted by atomic mass is 32.2. The van der Waals surface area contributed by atoms with E-state index in [-0.39, 0.29) is 16.9 Å². The number of anilines is 1. The minimum atomic E-state index is -3.34. The van der Waals surface area contributed by atoms with Gasteiger partial charge in [-0.15, -0.1) is 0 Å². The molecule has 0 radical (unpaired) electrons. The third-order valence-electron chi connectivity index (χ3n) is 3.31. The molecule has 0 bridgehead atoms. The molecule has 0 spiro atoms. The number of nitrogens with one attached hydrogen (secondary N) is 1. The van der Waals surface area contributed by atoms with Crippen LogP contribution in [0, 0.1) is 0 Å². The number of amides is 1. The number of ether oxygens (including phenoxy) is 2. The first-order valence-electron chi connectivity index (χ1n) is 7.67. The van der Waals surface area contributed by atoms with Gasteiger partial charge in [-0.2, -0.15) is 0 Å². The number of rotatable bonds is 6. The van der Waals surface area contributed by atoms with E-state index in [1.165, 1.54) is 19.2 Å². The summed E-state index contributed by atoms with van der Waals surface area (Å²) in [6.45, 7) is 3.80. The monoisotopic (exact) mass is 363 g/mol. The van der Waals surface area contributed by atoms with E-state index in [1.54, 1.807) is 30.3 Å². The molecule has 0 fully saturated rings. The number of methoxy groups -OCH3 is 1. The van der Waals surface area contributed by atoms with Gasteiger partial charge in [0, 0.05) is 17.5 Å². The van der Waals surface area contributed by atoms with Gasteiger partial charge in [0.05, 0.1) is 18.1 Å². The number of carbonyl (C=O) groups is 1. The van der Waals surface area contributed by atoms with Crippen molar-refractivity contribution in [1.29, 1.82) is 0 Å². The summed E-state index contributed by atoms with van der Waals surface area (Å²) in [6.07, 6.45) is 1.10. The highest BCUT2D eigenvalue weighted by Gasteiger charge is 2.13. The fourth-order valence-corrected chi connectivity index (χ4v) is 2.83. The van der Waals surface area contributed by atoms with Crippen LogP contribution in [0.2, 0.25) is 0 Å². The molecule has 0 unspecified atom stereocenters. The van der Waals surface area contributed by atoms with E-state index in [9.17, 15) is 13.2 Å². The van der Waals surface area contributed by atoms with Crippen LogP contribution in [0.25, 0.3) is 0 Å². The van der Waals surface area contributed by atoms with Crippen LogP contribution in [0.3, 0.4) is 0 Å². The smallest absolute Gasteiger partial charge is 0.255 e. The average molecular weight is 363 g/mol. The molecule has 0 aliphatic rings. The number of sulfone groups is 1. The zero-order valence-corrected chi connectivity index (χ0v) is 15.4. The second kappa shape index (κ2) is 7.57. The van der Waals surface area contributed by atoms with Crippen molar-refractivity contribution < 1.29 is 22.7 Å². The number of hydrogen-bond donors (Lipinski definition) is 1. The molecule has 134 valence electrons. The van der Waals surface area contributed by atoms with Crippen molar-refractivity contribution in [2.24, 2.45) is 0 Å². The maximum Gasteiger partial charge on any atom is 0.255 e. The Morgan fingerprint density at radius 2 is 1.80 bits per heavy atom. The van der Waals surface area contributed by atoms with Gasteiger partial charge in [-0.3, -0.25) is 4.79 Å². The predicted octanol–water partition coefficient (Wildman–Crippen LogP) is 3.14. The molecule has 0 aromatic heterocycles. The molecule has 1 amide bonds. The van der Waals surface area contributed by atoms with Crippen molar-refractivity contribution >= 4 is 21.4 Å². The molecule has 0 heterocycles. The Kier molecular flexibility index (Phi) is 5.69. The van der Waals surface area contributed by atoms with Gasteiger partial charge in [0.2, 0.25) is 0 Å². The van der Waals surface area contributed by atoms with Gasteiger partial charge in [-0.1, -0.05) is 6.07 Å². The molecule has 0 aliphatic carbocycles. The lowest BCUT2D eigenvalue weighted by Gasteiger charge is -2.14. The first-order chi connectivity index (χ1) is 11.7. The Morgan fingerprint density at radius 3 is 2.40 bits per heavy atom. The fraction of sp³-hybridized carbons (Fsp3) is 0.278. The molecule has 7 heteroatoms. The molecule has 1 N–H and O–H groups in total. The molecule has 25 heavy (non-hydrogen) atoms. The number of benzene rings is 2. The Hall–Kier alpha value is -2.54. The van der Waals surface area contributed by atoms with E-state index in [0.29, 0.717) is 22.7 Å². The Bertz CT molecular complexity index is 875. The summed E-state index contributed by atoms with van der Waals surface area (Å²) in [5.74, 6) is 0.624. The fourth-order valence-electron chi connectivity index (χ4n) is 2.17. The maximum absolute atomic E-state index is 12.4. The number of hydrogen-bond acceptors (Lipinski definition) is 5. The average Bonchev–Trinajstić information content (AvgIpc) is 2.54. The van der Waals surface area contributed by atoms with E-state index >= 15 is 0 Å². The summed E-state index contributed by atoms with van der Waals surface area (Å²) in [7, 11) is -1.84. The largest absolute Gasteiger partial charge is 0.493 e. The topological polar surface area (TPSA) is 81.7 Å². The first kappa shape index (κ1) is 18.8. The van der Waals surface area contributed by atoms with Gasteiger partial charge in [-0.05, 0) is 50.2 Å². The van der Waals surface area contributed by atoms with Crippen molar-refractivity contribution in [2.45, 2.75) is 24.8 Å². The summed E-state index contributed by atoms with van der Waals surface area (Å²) in [5.41, 5.74) is 0.770. The lowest BCUT2D eigenvalue weighted by Crippen LogP contribution is -2.13. The van der Waals surface area contributed by atoms with Crippen LogP contribution in [0.4, 0.5) is 5.69 Å². The van der Waals surface area contributed by atoms with Crippen LogP contribution in [-0.4, -0.2) is 33.8 Å². The predicted molar refractivity (Wildman–Crippen MR) is 96.3 cm³/mol. The third-order valence-corrected chi connectivity index (χ3v) is 4.42. The molecule has 6 nitrogen and oxygen atoms in total. The zero-order valence-electron chi connectivity index (χ0n) is 14.6. The zero-order chi connectivity index (χ0) is 18.6. The normalized spacial score (nSPS) is 11.2. The SMILES string of the molecule is COc1cc(C(=O)Nc2cccc(S(C)(=O)=O)c2)ccc1OC(C)C. The first-order valence-corrected chi connectivity index (χ1v) is 9.56. The minimum absolute atomic E-state index is 0.0210. The molecule has 0 aliphatic heterocycles. The second-order valence-electron chi connectivity index (χ2n) is 5.79. The van der Waals surface area contributed by atoms with Crippen molar-refractivity contribution in [3.63, 3.8) is 0 Å². The van der Waals surface area contributed by atoms with Crippen molar-refractivity contribution in [2.75, 3.05) is 18.7 Å². The molecule has 2 aromatic carbocycles. The van der Waals surface area contributed by atoms with Crippen LogP contribution < -0.4 is 14.8 Å². The summed E-state index contributed by atoms with van der Waals surface area (Å²) in [4.78, 5) is 12.6. The van der Waals surface area contributed by atoms with E-state index < -0.39 is 9.84 Å². The summed E-state index contributed by atoms with van der Waals surface area (Å²) in [5, 5.41) is 2.68. The molecule has 2 rings (SSSR count). The van der Waals surface area contributed by atoms with Crippen molar-refractivity contribution in [3.05, 3.63) is 48.0 Å². The standard InChI is InChI=1S/C18H21NO5S/c1-12(2)24-16-9-8-13(10-17(16)23-3)18(20)19-14-6-5-7-15(11-14)25(4,21)22/h5-12H,1-4H3,(H,19,20). The van der Waals surface area contributed by atoms with E-state index in [1.807, 2.05) is 13.8 Å². The molecule has 2 aromatic rings. The second-order valence-corrected chi connectivity index (χ2v) is 7.80. The highest BCUT2D eigenvalue weighted by molar-refractivity contribution is 7.90. The van der Waals surface area contributed by atoms with E-state index in [2.05, 4.69) is 5.32 Å². The van der Waals surface area contributed by atoms with Crippen LogP contribution >= 0.6 is 0 Å². The highest BCUT2D eigenvalue weighted by Crippen LogP contribution is 2.29. The van der Waals surface area contributed by atoms with Gasteiger partial charge in [0.15, 0.2) is 21.3 Å². The van der Waals surface area contributed by atoms with Gasteiger partial charge >= 0.3 is 0 Å². The number of carbonyl (C=O) groups excluding carboxylic acids is 1. The Morgan fingerprint density at radius 1 is 1.08 bits per heavy atom. The lowest BCUT2D eigenvalue weighted by molar-refractivity contribution is 0.102.